The summed E-state index contributed by atoms with van der Waals surface area (Å²) in [6.07, 6.45) is 4.29. The molecule has 0 bridgehead atoms. The molecule has 0 aliphatic carbocycles. The second-order valence-electron chi connectivity index (χ2n) is 6.08. The first-order valence-electron chi connectivity index (χ1n) is 7.93. The molecule has 0 saturated carbocycles. The van der Waals surface area contributed by atoms with Gasteiger partial charge in [0.05, 0.1) is 12.8 Å². The summed E-state index contributed by atoms with van der Waals surface area (Å²) in [6.45, 7) is 3.25. The molecule has 0 spiro atoms. The largest absolute Gasteiger partial charge is 0.490 e. The molecule has 0 amide bonds. The molecule has 0 radical (unpaired) electrons. The molecular formula is C17H25N3O2. The van der Waals surface area contributed by atoms with Crippen molar-refractivity contribution in [3.8, 4) is 5.75 Å². The van der Waals surface area contributed by atoms with Crippen LogP contribution in [0.3, 0.4) is 0 Å². The van der Waals surface area contributed by atoms with Crippen LogP contribution in [0.2, 0.25) is 0 Å². The molecule has 2 heterocycles. The Kier molecular flexibility index (Phi) is 4.97. The highest BCUT2D eigenvalue weighted by Crippen LogP contribution is 2.29. The Balaban J connectivity index is 1.74. The maximum Gasteiger partial charge on any atom is 0.129 e. The Morgan fingerprint density at radius 3 is 3.05 bits per heavy atom. The van der Waals surface area contributed by atoms with E-state index in [9.17, 15) is 0 Å². The average molecular weight is 303 g/mol. The second kappa shape index (κ2) is 7.13. The quantitative estimate of drug-likeness (QED) is 0.857. The van der Waals surface area contributed by atoms with Crippen LogP contribution in [0.25, 0.3) is 10.9 Å². The number of H-pyrrole nitrogens is 1. The van der Waals surface area contributed by atoms with E-state index in [4.69, 9.17) is 9.47 Å². The number of likely N-dealkylation sites (N-methyl/N-ethyl adjacent to an activating group) is 1. The molecule has 1 unspecified atom stereocenters. The van der Waals surface area contributed by atoms with Gasteiger partial charge in [0.15, 0.2) is 0 Å². The first kappa shape index (κ1) is 15.3. The van der Waals surface area contributed by atoms with Gasteiger partial charge in [-0.25, -0.2) is 0 Å². The number of fused-ring (bicyclic) bond motifs is 1. The monoisotopic (exact) mass is 303 g/mol. The van der Waals surface area contributed by atoms with Crippen LogP contribution < -0.4 is 10.1 Å². The highest BCUT2D eigenvalue weighted by atomic mass is 16.5. The maximum atomic E-state index is 6.08. The molecule has 1 saturated heterocycles. The number of nitrogens with zero attached hydrogens (tertiary/aromatic N) is 1. The van der Waals surface area contributed by atoms with E-state index in [2.05, 4.69) is 47.6 Å². The van der Waals surface area contributed by atoms with Crippen LogP contribution in [0.4, 0.5) is 0 Å². The first-order valence-corrected chi connectivity index (χ1v) is 7.93. The lowest BCUT2D eigenvalue weighted by Crippen LogP contribution is -2.36. The van der Waals surface area contributed by atoms with Crippen molar-refractivity contribution in [1.82, 2.24) is 15.2 Å². The minimum Gasteiger partial charge on any atom is -0.490 e. The van der Waals surface area contributed by atoms with Gasteiger partial charge < -0.3 is 19.4 Å². The molecule has 120 valence electrons. The third-order valence-corrected chi connectivity index (χ3v) is 4.07. The summed E-state index contributed by atoms with van der Waals surface area (Å²) in [7, 11) is 4.20. The number of benzene rings is 1. The lowest BCUT2D eigenvalue weighted by Gasteiger charge is -2.23. The van der Waals surface area contributed by atoms with E-state index in [0.717, 1.165) is 37.2 Å². The van der Waals surface area contributed by atoms with E-state index < -0.39 is 0 Å². The fraction of sp³-hybridized carbons (Fsp3) is 0.529. The number of aromatic nitrogens is 1. The van der Waals surface area contributed by atoms with Crippen LogP contribution in [-0.2, 0) is 11.2 Å². The Hall–Kier alpha value is -1.56. The van der Waals surface area contributed by atoms with Crippen LogP contribution in [0.15, 0.2) is 24.4 Å². The smallest absolute Gasteiger partial charge is 0.129 e. The lowest BCUT2D eigenvalue weighted by atomic mass is 10.1. The molecule has 5 nitrogen and oxygen atoms in total. The topological polar surface area (TPSA) is 49.5 Å². The van der Waals surface area contributed by atoms with Crippen LogP contribution in [0, 0.1) is 0 Å². The van der Waals surface area contributed by atoms with E-state index in [-0.39, 0.29) is 6.10 Å². The number of rotatable bonds is 6. The molecule has 3 rings (SSSR count). The highest BCUT2D eigenvalue weighted by molar-refractivity contribution is 5.89. The predicted octanol–water partition coefficient (Wildman–Crippen LogP) is 1.99. The zero-order chi connectivity index (χ0) is 15.4. The number of hydrogen-bond acceptors (Lipinski definition) is 4. The maximum absolute atomic E-state index is 6.08. The summed E-state index contributed by atoms with van der Waals surface area (Å²) in [5.74, 6) is 0.953. The van der Waals surface area contributed by atoms with Crippen LogP contribution in [-0.4, -0.2) is 56.5 Å². The Labute approximate surface area is 131 Å². The van der Waals surface area contributed by atoms with Crippen molar-refractivity contribution in [2.45, 2.75) is 18.9 Å². The molecule has 1 aromatic heterocycles. The number of aromatic amines is 1. The molecule has 2 aromatic rings. The van der Waals surface area contributed by atoms with E-state index in [1.165, 1.54) is 10.9 Å². The molecule has 2 N–H and O–H groups in total. The summed E-state index contributed by atoms with van der Waals surface area (Å²) < 4.78 is 11.7. The van der Waals surface area contributed by atoms with Crippen molar-refractivity contribution in [1.29, 1.82) is 0 Å². The van der Waals surface area contributed by atoms with Gasteiger partial charge in [0, 0.05) is 23.6 Å². The van der Waals surface area contributed by atoms with Crippen LogP contribution >= 0.6 is 0 Å². The van der Waals surface area contributed by atoms with Crippen molar-refractivity contribution < 1.29 is 9.47 Å². The third kappa shape index (κ3) is 3.61. The molecule has 1 aliphatic heterocycles. The van der Waals surface area contributed by atoms with E-state index in [0.29, 0.717) is 13.3 Å². The normalized spacial score (nSPS) is 19.0. The molecular weight excluding hydrogens is 278 g/mol. The Bertz CT molecular complexity index is 603. The Morgan fingerprint density at radius 2 is 2.27 bits per heavy atom. The molecule has 1 aromatic carbocycles. The fourth-order valence-electron chi connectivity index (χ4n) is 2.79. The summed E-state index contributed by atoms with van der Waals surface area (Å²) in [6, 6.07) is 6.19. The van der Waals surface area contributed by atoms with Gasteiger partial charge in [0.25, 0.3) is 0 Å². The SMILES string of the molecule is CN(C)CCc1c[nH]c2cccc(OCC3CCNCO3)c12. The van der Waals surface area contributed by atoms with Crippen LogP contribution in [0.5, 0.6) is 5.75 Å². The zero-order valence-electron chi connectivity index (χ0n) is 13.4. The number of nitrogens with one attached hydrogen (secondary N) is 2. The summed E-state index contributed by atoms with van der Waals surface area (Å²) >= 11 is 0. The number of ether oxygens (including phenoxy) is 2. The standard InChI is InChI=1S/C17H25N3O2/c1-20(2)9-7-13-10-19-15-4-3-5-16(17(13)15)21-11-14-6-8-18-12-22-14/h3-5,10,14,18-19H,6-9,11-12H2,1-2H3. The van der Waals surface area contributed by atoms with Gasteiger partial charge in [0.2, 0.25) is 0 Å². The average Bonchev–Trinajstić information content (AvgIpc) is 2.96. The van der Waals surface area contributed by atoms with Crippen molar-refractivity contribution >= 4 is 10.9 Å². The number of hydrogen-bond donors (Lipinski definition) is 2. The van der Waals surface area contributed by atoms with Crippen molar-refractivity contribution in [2.24, 2.45) is 0 Å². The van der Waals surface area contributed by atoms with Crippen LogP contribution in [0.1, 0.15) is 12.0 Å². The second-order valence-corrected chi connectivity index (χ2v) is 6.08. The highest BCUT2D eigenvalue weighted by Gasteiger charge is 2.16. The van der Waals surface area contributed by atoms with Crippen molar-refractivity contribution in [3.63, 3.8) is 0 Å². The zero-order valence-corrected chi connectivity index (χ0v) is 13.4. The van der Waals surface area contributed by atoms with E-state index in [1.807, 2.05) is 6.07 Å². The van der Waals surface area contributed by atoms with Gasteiger partial charge in [-0.2, -0.15) is 0 Å². The predicted molar refractivity (Wildman–Crippen MR) is 88.4 cm³/mol. The minimum absolute atomic E-state index is 0.181. The third-order valence-electron chi connectivity index (χ3n) is 4.07. The summed E-state index contributed by atoms with van der Waals surface area (Å²) in [5, 5.41) is 4.39. The van der Waals surface area contributed by atoms with Gasteiger partial charge in [-0.05, 0) is 51.2 Å². The van der Waals surface area contributed by atoms with Crippen molar-refractivity contribution in [3.05, 3.63) is 30.0 Å². The van der Waals surface area contributed by atoms with Crippen molar-refractivity contribution in [2.75, 3.05) is 40.5 Å². The Morgan fingerprint density at radius 1 is 1.36 bits per heavy atom. The van der Waals surface area contributed by atoms with Gasteiger partial charge in [-0.15, -0.1) is 0 Å². The van der Waals surface area contributed by atoms with Gasteiger partial charge in [-0.3, -0.25) is 5.32 Å². The lowest BCUT2D eigenvalue weighted by molar-refractivity contribution is -0.0178. The minimum atomic E-state index is 0.181. The summed E-state index contributed by atoms with van der Waals surface area (Å²) in [4.78, 5) is 5.55. The van der Waals surface area contributed by atoms with E-state index >= 15 is 0 Å². The van der Waals surface area contributed by atoms with Gasteiger partial charge in [-0.1, -0.05) is 6.07 Å². The fourth-order valence-corrected chi connectivity index (χ4v) is 2.79. The van der Waals surface area contributed by atoms with Gasteiger partial charge >= 0.3 is 0 Å². The molecule has 1 aliphatic rings. The van der Waals surface area contributed by atoms with E-state index in [1.54, 1.807) is 0 Å². The molecule has 22 heavy (non-hydrogen) atoms. The first-order chi connectivity index (χ1) is 10.7. The summed E-state index contributed by atoms with van der Waals surface area (Å²) in [5.41, 5.74) is 2.45. The molecule has 1 fully saturated rings. The van der Waals surface area contributed by atoms with Gasteiger partial charge in [0.1, 0.15) is 12.4 Å². The molecule has 1 atom stereocenters. The molecule has 5 heteroatoms.